The molecule has 0 radical (unpaired) electrons. The predicted octanol–water partition coefficient (Wildman–Crippen LogP) is 1.01. The van der Waals surface area contributed by atoms with Crippen molar-refractivity contribution in [1.29, 1.82) is 0 Å². The van der Waals surface area contributed by atoms with Crippen molar-refractivity contribution in [3.8, 4) is 0 Å². The number of amides is 1. The lowest BCUT2D eigenvalue weighted by atomic mass is 10.1. The van der Waals surface area contributed by atoms with Crippen molar-refractivity contribution in [2.24, 2.45) is 15.2 Å². The minimum atomic E-state index is -2.66. The Labute approximate surface area is 158 Å². The molecule has 146 valence electrons. The van der Waals surface area contributed by atoms with Gasteiger partial charge >= 0.3 is 16.4 Å². The topological polar surface area (TPSA) is 178 Å². The van der Waals surface area contributed by atoms with Crippen LogP contribution in [0.1, 0.15) is 45.1 Å². The number of hydrogen-bond donors (Lipinski definition) is 4. The van der Waals surface area contributed by atoms with E-state index in [0.717, 1.165) is 6.34 Å². The maximum atomic E-state index is 11.7. The Bertz CT molecular complexity index is 773. The van der Waals surface area contributed by atoms with Crippen LogP contribution in [0, 0.1) is 0 Å². The first-order valence-corrected chi connectivity index (χ1v) is 8.73. The Morgan fingerprint density at radius 2 is 1.85 bits per heavy atom. The molecule has 26 heavy (non-hydrogen) atoms. The van der Waals surface area contributed by atoms with Gasteiger partial charge in [0.2, 0.25) is 0 Å². The number of nitrogens with zero attached hydrogens (tertiary/aromatic N) is 4. The summed E-state index contributed by atoms with van der Waals surface area (Å²) in [5, 5.41) is 2.88. The lowest BCUT2D eigenvalue weighted by molar-refractivity contribution is 0.0999. The molecule has 0 aliphatic rings. The number of aliphatic imine (C=N–C) groups is 1. The van der Waals surface area contributed by atoms with Crippen molar-refractivity contribution in [1.82, 2.24) is 15.4 Å². The maximum Gasteiger partial charge on any atom is 0.332 e. The van der Waals surface area contributed by atoms with E-state index in [-0.39, 0.29) is 34.1 Å². The fourth-order valence-electron chi connectivity index (χ4n) is 1.17. The molecule has 0 atom stereocenters. The molecular weight excluding hydrogens is 384 g/mol. The molecule has 0 aliphatic carbocycles. The van der Waals surface area contributed by atoms with Crippen LogP contribution in [0.4, 0.5) is 11.6 Å². The number of nitrogens with one attached hydrogen (secondary N) is 2. The second-order valence-electron chi connectivity index (χ2n) is 6.26. The first-order valence-electron chi connectivity index (χ1n) is 7.32. The highest BCUT2D eigenvalue weighted by molar-refractivity contribution is 7.61. The van der Waals surface area contributed by atoms with E-state index in [1.807, 2.05) is 40.0 Å². The number of carbonyl (C=O) groups excluding carboxylic acids is 1. The summed E-state index contributed by atoms with van der Waals surface area (Å²) in [4.78, 5) is 22.8. The van der Waals surface area contributed by atoms with Gasteiger partial charge in [0.25, 0.3) is 0 Å². The average molecular weight is 407 g/mol. The second kappa shape index (κ2) is 10.6. The minimum absolute atomic E-state index is 0. The zero-order valence-corrected chi connectivity index (χ0v) is 16.7. The Hall–Kier alpha value is -2.31. The highest BCUT2D eigenvalue weighted by atomic mass is 35.5. The molecule has 1 rings (SSSR count). The molecule has 0 aliphatic heterocycles. The lowest BCUT2D eigenvalue weighted by Crippen LogP contribution is -2.26. The van der Waals surface area contributed by atoms with E-state index in [4.69, 9.17) is 23.1 Å². The van der Waals surface area contributed by atoms with Gasteiger partial charge in [-0.15, -0.1) is 0 Å². The summed E-state index contributed by atoms with van der Waals surface area (Å²) in [5.41, 5.74) is 12.6. The number of nitrogen functional groups attached to an aromatic ring is 1. The van der Waals surface area contributed by atoms with Crippen molar-refractivity contribution < 1.29 is 13.2 Å². The Morgan fingerprint density at radius 3 is 2.31 bits per heavy atom. The SMILES string of the molecule is CC(C)(C)N.CC(C)Nc1nc(N)c(C(=O)N=CNN=S(=O)=O)nc1Cl. The van der Waals surface area contributed by atoms with Gasteiger partial charge in [-0.25, -0.2) is 9.97 Å². The zero-order valence-electron chi connectivity index (χ0n) is 15.1. The quantitative estimate of drug-likeness (QED) is 0.315. The van der Waals surface area contributed by atoms with Crippen molar-refractivity contribution >= 4 is 46.0 Å². The minimum Gasteiger partial charge on any atom is -0.382 e. The normalized spacial score (nSPS) is 10.9. The fourth-order valence-corrected chi connectivity index (χ4v) is 1.48. The third kappa shape index (κ3) is 11.3. The Balaban J connectivity index is 0.00000110. The van der Waals surface area contributed by atoms with E-state index in [1.54, 1.807) is 0 Å². The highest BCUT2D eigenvalue weighted by Gasteiger charge is 2.16. The Kier molecular flexibility index (Phi) is 9.69. The third-order valence-electron chi connectivity index (χ3n) is 1.87. The van der Waals surface area contributed by atoms with Gasteiger partial charge in [0.15, 0.2) is 22.5 Å². The first-order chi connectivity index (χ1) is 11.8. The number of halogens is 1. The smallest absolute Gasteiger partial charge is 0.332 e. The van der Waals surface area contributed by atoms with Gasteiger partial charge in [0.05, 0.1) is 0 Å². The second-order valence-corrected chi connectivity index (χ2v) is 7.24. The number of aromatic nitrogens is 2. The fraction of sp³-hybridized carbons (Fsp3) is 0.538. The number of carbonyl (C=O) groups is 1. The molecule has 0 saturated heterocycles. The molecule has 0 aromatic carbocycles. The lowest BCUT2D eigenvalue weighted by Gasteiger charge is -2.11. The summed E-state index contributed by atoms with van der Waals surface area (Å²) in [5.74, 6) is -0.758. The Morgan fingerprint density at radius 1 is 1.31 bits per heavy atom. The first kappa shape index (κ1) is 23.7. The van der Waals surface area contributed by atoms with Crippen LogP contribution in [0.2, 0.25) is 5.15 Å². The standard InChI is InChI=1S/C9H12ClN7O3S.C4H11N/c1-4(2)14-8-6(10)15-5(7(11)16-8)9(18)12-3-13-17-21(19)20;1-4(2,3)5/h3-4H,1-2H3,(H3,11,14,16)(H,12,13,18);5H2,1-3H3. The van der Waals surface area contributed by atoms with Gasteiger partial charge in [-0.1, -0.05) is 16.1 Å². The van der Waals surface area contributed by atoms with E-state index in [2.05, 4.69) is 24.7 Å². The molecule has 1 aromatic rings. The van der Waals surface area contributed by atoms with Crippen molar-refractivity contribution in [2.45, 2.75) is 46.2 Å². The van der Waals surface area contributed by atoms with Crippen LogP contribution in [0.25, 0.3) is 0 Å². The van der Waals surface area contributed by atoms with Gasteiger partial charge in [-0.2, -0.15) is 13.4 Å². The van der Waals surface area contributed by atoms with Crippen LogP contribution in [0.3, 0.4) is 0 Å². The molecule has 1 aromatic heterocycles. The van der Waals surface area contributed by atoms with Gasteiger partial charge in [0.1, 0.15) is 6.34 Å². The summed E-state index contributed by atoms with van der Waals surface area (Å²) in [6.45, 7) is 9.63. The van der Waals surface area contributed by atoms with E-state index in [9.17, 15) is 13.2 Å². The van der Waals surface area contributed by atoms with Gasteiger partial charge in [-0.05, 0) is 34.6 Å². The zero-order chi connectivity index (χ0) is 20.5. The van der Waals surface area contributed by atoms with Crippen molar-refractivity contribution in [2.75, 3.05) is 11.1 Å². The van der Waals surface area contributed by atoms with Crippen LogP contribution >= 0.6 is 11.6 Å². The molecule has 1 heterocycles. The van der Waals surface area contributed by atoms with Crippen LogP contribution in [-0.4, -0.2) is 42.2 Å². The predicted molar refractivity (Wildman–Crippen MR) is 101 cm³/mol. The van der Waals surface area contributed by atoms with Gasteiger partial charge in [-0.3, -0.25) is 10.2 Å². The number of anilines is 2. The van der Waals surface area contributed by atoms with Gasteiger partial charge in [0, 0.05) is 11.6 Å². The number of nitrogens with two attached hydrogens (primary N) is 2. The molecule has 1 amide bonds. The molecule has 0 fully saturated rings. The molecular formula is C13H23ClN8O3S. The van der Waals surface area contributed by atoms with Crippen LogP contribution < -0.4 is 22.2 Å². The number of hydrogen-bond acceptors (Lipinski definition) is 9. The van der Waals surface area contributed by atoms with Gasteiger partial charge < -0.3 is 16.8 Å². The third-order valence-corrected chi connectivity index (χ3v) is 2.39. The molecule has 0 unspecified atom stereocenters. The summed E-state index contributed by atoms with van der Waals surface area (Å²) in [7, 11) is -2.66. The van der Waals surface area contributed by atoms with Crippen LogP contribution in [0.5, 0.6) is 0 Å². The van der Waals surface area contributed by atoms with Crippen molar-refractivity contribution in [3.05, 3.63) is 10.8 Å². The average Bonchev–Trinajstić information content (AvgIpc) is 2.44. The molecule has 13 heteroatoms. The maximum absolute atomic E-state index is 11.7. The summed E-state index contributed by atoms with van der Waals surface area (Å²) in [6.07, 6.45) is 0.771. The molecule has 0 saturated carbocycles. The summed E-state index contributed by atoms with van der Waals surface area (Å²) >= 11 is 5.88. The van der Waals surface area contributed by atoms with E-state index in [1.165, 1.54) is 0 Å². The van der Waals surface area contributed by atoms with E-state index >= 15 is 0 Å². The van der Waals surface area contributed by atoms with E-state index in [0.29, 0.717) is 0 Å². The summed E-state index contributed by atoms with van der Waals surface area (Å²) < 4.78 is 23.0. The van der Waals surface area contributed by atoms with Crippen molar-refractivity contribution in [3.63, 3.8) is 0 Å². The van der Waals surface area contributed by atoms with E-state index < -0.39 is 16.4 Å². The molecule has 0 bridgehead atoms. The molecule has 11 nitrogen and oxygen atoms in total. The number of rotatable bonds is 5. The van der Waals surface area contributed by atoms with Crippen LogP contribution in [0.15, 0.2) is 9.46 Å². The largest absolute Gasteiger partial charge is 0.382 e. The monoisotopic (exact) mass is 406 g/mol. The highest BCUT2D eigenvalue weighted by Crippen LogP contribution is 2.21. The summed E-state index contributed by atoms with van der Waals surface area (Å²) in [6, 6.07) is 0.0505. The molecule has 6 N–H and O–H groups in total. The van der Waals surface area contributed by atoms with Crippen LogP contribution in [-0.2, 0) is 10.5 Å². The molecule has 0 spiro atoms.